The van der Waals surface area contributed by atoms with Crippen molar-refractivity contribution in [1.29, 1.82) is 0 Å². The van der Waals surface area contributed by atoms with Crippen molar-refractivity contribution in [3.8, 4) is 0 Å². The van der Waals surface area contributed by atoms with Crippen LogP contribution in [0.3, 0.4) is 0 Å². The van der Waals surface area contributed by atoms with Crippen LogP contribution in [-0.4, -0.2) is 22.5 Å². The summed E-state index contributed by atoms with van der Waals surface area (Å²) in [4.78, 5) is 12.0. The van der Waals surface area contributed by atoms with Crippen LogP contribution in [0.2, 0.25) is 0 Å². The molecule has 0 spiro atoms. The van der Waals surface area contributed by atoms with Gasteiger partial charge in [0.25, 0.3) is 0 Å². The van der Waals surface area contributed by atoms with Gasteiger partial charge < -0.3 is 4.74 Å². The van der Waals surface area contributed by atoms with Gasteiger partial charge in [0.05, 0.1) is 18.8 Å². The predicted octanol–water partition coefficient (Wildman–Crippen LogP) is 3.67. The maximum atomic E-state index is 12.0. The Kier molecular flexibility index (Phi) is 8.29. The molecule has 4 atom stereocenters. The van der Waals surface area contributed by atoms with Gasteiger partial charge in [0.2, 0.25) is 0 Å². The number of hydrogen-bond acceptors (Lipinski definition) is 6. The Labute approximate surface area is 149 Å². The fourth-order valence-electron chi connectivity index (χ4n) is 3.19. The third-order valence-corrected chi connectivity index (χ3v) is 5.97. The van der Waals surface area contributed by atoms with E-state index in [2.05, 4.69) is 29.4 Å². The maximum absolute atomic E-state index is 12.0. The van der Waals surface area contributed by atoms with E-state index in [1.165, 1.54) is 7.11 Å². The molecule has 7 heteroatoms. The van der Waals surface area contributed by atoms with Crippen LogP contribution in [0.25, 0.3) is 0 Å². The second-order valence-electron chi connectivity index (χ2n) is 5.93. The SMILES string of the molecule is CCC(C(=O)OC)C(C)C(CC)c1ccc(CS(=O)(=S)OO)cc1. The lowest BCUT2D eigenvalue weighted by atomic mass is 9.76. The van der Waals surface area contributed by atoms with E-state index in [0.29, 0.717) is 0 Å². The molecule has 0 aliphatic rings. The number of ether oxygens (including phenoxy) is 1. The first-order valence-corrected chi connectivity index (χ1v) is 10.6. The van der Waals surface area contributed by atoms with Crippen LogP contribution in [0.15, 0.2) is 24.3 Å². The standard InChI is InChI=1S/C17H26O5S2/c1-5-15(12(3)16(6-2)17(18)21-4)14-9-7-13(8-10-14)11-24(20,23)22-19/h7-10,12,15-16,19H,5-6,11H2,1-4H3. The Morgan fingerprint density at radius 2 is 1.83 bits per heavy atom. The van der Waals surface area contributed by atoms with Crippen LogP contribution in [0, 0.1) is 11.8 Å². The third kappa shape index (κ3) is 5.51. The highest BCUT2D eigenvalue weighted by atomic mass is 32.8. The minimum atomic E-state index is -3.13. The third-order valence-electron chi connectivity index (χ3n) is 4.52. The molecule has 0 aliphatic carbocycles. The Morgan fingerprint density at radius 3 is 2.25 bits per heavy atom. The molecule has 24 heavy (non-hydrogen) atoms. The van der Waals surface area contributed by atoms with Crippen molar-refractivity contribution in [1.82, 2.24) is 0 Å². The molecule has 136 valence electrons. The second kappa shape index (κ2) is 9.46. The number of hydrogen-bond donors (Lipinski definition) is 1. The topological polar surface area (TPSA) is 72.8 Å². The lowest BCUT2D eigenvalue weighted by Crippen LogP contribution is -2.27. The average molecular weight is 375 g/mol. The number of carbonyl (C=O) groups excluding carboxylic acids is 1. The van der Waals surface area contributed by atoms with Crippen molar-refractivity contribution in [3.63, 3.8) is 0 Å². The molecular weight excluding hydrogens is 348 g/mol. The lowest BCUT2D eigenvalue weighted by Gasteiger charge is -2.28. The summed E-state index contributed by atoms with van der Waals surface area (Å²) >= 11 is 4.67. The van der Waals surface area contributed by atoms with E-state index in [0.717, 1.165) is 24.0 Å². The molecule has 0 radical (unpaired) electrons. The molecule has 4 unspecified atom stereocenters. The Morgan fingerprint density at radius 1 is 1.25 bits per heavy atom. The minimum Gasteiger partial charge on any atom is -0.469 e. The number of methoxy groups -OCH3 is 1. The van der Waals surface area contributed by atoms with Gasteiger partial charge in [-0.15, -0.1) is 4.33 Å². The molecule has 0 heterocycles. The summed E-state index contributed by atoms with van der Waals surface area (Å²) in [6.45, 7) is 6.15. The van der Waals surface area contributed by atoms with E-state index in [1.807, 2.05) is 31.2 Å². The molecule has 1 N–H and O–H groups in total. The normalized spacial score (nSPS) is 17.5. The molecule has 0 fully saturated rings. The van der Waals surface area contributed by atoms with E-state index in [9.17, 15) is 9.00 Å². The number of rotatable bonds is 9. The number of benzene rings is 1. The van der Waals surface area contributed by atoms with Gasteiger partial charge >= 0.3 is 5.97 Å². The molecule has 0 bridgehead atoms. The highest BCUT2D eigenvalue weighted by Crippen LogP contribution is 2.35. The van der Waals surface area contributed by atoms with Crippen LogP contribution >= 0.6 is 0 Å². The Balaban J connectivity index is 2.98. The van der Waals surface area contributed by atoms with Crippen LogP contribution in [0.1, 0.15) is 50.7 Å². The van der Waals surface area contributed by atoms with Crippen molar-refractivity contribution in [2.45, 2.75) is 45.3 Å². The van der Waals surface area contributed by atoms with E-state index in [-0.39, 0.29) is 29.5 Å². The molecule has 1 aromatic rings. The molecule has 0 amide bonds. The lowest BCUT2D eigenvalue weighted by molar-refractivity contribution is -0.147. The molecule has 1 aromatic carbocycles. The highest BCUT2D eigenvalue weighted by Gasteiger charge is 2.30. The minimum absolute atomic E-state index is 0.0226. The molecule has 1 rings (SSSR count). The van der Waals surface area contributed by atoms with Gasteiger partial charge in [-0.2, -0.15) is 0 Å². The van der Waals surface area contributed by atoms with Gasteiger partial charge in [-0.25, -0.2) is 9.47 Å². The zero-order valence-electron chi connectivity index (χ0n) is 14.6. The Bertz CT molecular complexity index is 625. The largest absolute Gasteiger partial charge is 0.469 e. The highest BCUT2D eigenvalue weighted by molar-refractivity contribution is 8.29. The average Bonchev–Trinajstić information content (AvgIpc) is 2.57. The summed E-state index contributed by atoms with van der Waals surface area (Å²) < 4.78 is 20.4. The van der Waals surface area contributed by atoms with E-state index in [1.54, 1.807) is 0 Å². The maximum Gasteiger partial charge on any atom is 0.308 e. The van der Waals surface area contributed by atoms with Crippen LogP contribution in [-0.2, 0) is 39.6 Å². The van der Waals surface area contributed by atoms with Crippen molar-refractivity contribution in [3.05, 3.63) is 35.4 Å². The first-order chi connectivity index (χ1) is 11.3. The van der Waals surface area contributed by atoms with Gasteiger partial charge in [-0.3, -0.25) is 4.79 Å². The first kappa shape index (κ1) is 21.0. The summed E-state index contributed by atoms with van der Waals surface area (Å²) in [7, 11) is -1.71. The number of esters is 1. The zero-order valence-corrected chi connectivity index (χ0v) is 16.2. The van der Waals surface area contributed by atoms with E-state index < -0.39 is 8.77 Å². The van der Waals surface area contributed by atoms with Crippen molar-refractivity contribution < 1.29 is 23.3 Å². The molecule has 0 aliphatic heterocycles. The Hall–Kier alpha value is -1.02. The van der Waals surface area contributed by atoms with Gasteiger partial charge in [0, 0.05) is 11.2 Å². The molecule has 0 aromatic heterocycles. The molecular formula is C17H26O5S2. The van der Waals surface area contributed by atoms with Crippen molar-refractivity contribution in [2.24, 2.45) is 11.8 Å². The summed E-state index contributed by atoms with van der Waals surface area (Å²) in [5.41, 5.74) is 1.84. The fourth-order valence-corrected chi connectivity index (χ4v) is 4.25. The van der Waals surface area contributed by atoms with Crippen LogP contribution < -0.4 is 0 Å². The van der Waals surface area contributed by atoms with Crippen LogP contribution in [0.4, 0.5) is 0 Å². The quantitative estimate of drug-likeness (QED) is 0.404. The van der Waals surface area contributed by atoms with Gasteiger partial charge in [-0.1, -0.05) is 45.0 Å². The van der Waals surface area contributed by atoms with E-state index in [4.69, 9.17) is 9.99 Å². The van der Waals surface area contributed by atoms with Gasteiger partial charge in [0.15, 0.2) is 8.77 Å². The predicted molar refractivity (Wildman–Crippen MR) is 97.4 cm³/mol. The first-order valence-electron chi connectivity index (χ1n) is 8.01. The zero-order chi connectivity index (χ0) is 18.3. The summed E-state index contributed by atoms with van der Waals surface area (Å²) in [5.74, 6) is 0.0117. The van der Waals surface area contributed by atoms with Gasteiger partial charge in [0.1, 0.15) is 0 Å². The monoisotopic (exact) mass is 374 g/mol. The number of carbonyl (C=O) groups is 1. The molecule has 5 nitrogen and oxygen atoms in total. The van der Waals surface area contributed by atoms with Gasteiger partial charge in [-0.05, 0) is 35.8 Å². The second-order valence-corrected chi connectivity index (χ2v) is 9.01. The smallest absolute Gasteiger partial charge is 0.308 e. The van der Waals surface area contributed by atoms with Crippen LogP contribution in [0.5, 0.6) is 0 Å². The summed E-state index contributed by atoms with van der Waals surface area (Å²) in [5, 5.41) is 8.55. The molecule has 0 saturated carbocycles. The summed E-state index contributed by atoms with van der Waals surface area (Å²) in [6.07, 6.45) is 1.62. The molecule has 0 saturated heterocycles. The summed E-state index contributed by atoms with van der Waals surface area (Å²) in [6, 6.07) is 7.56. The van der Waals surface area contributed by atoms with E-state index >= 15 is 0 Å². The van der Waals surface area contributed by atoms with Crippen molar-refractivity contribution in [2.75, 3.05) is 7.11 Å². The fraction of sp³-hybridized carbons (Fsp3) is 0.588. The van der Waals surface area contributed by atoms with Crippen molar-refractivity contribution >= 4 is 25.9 Å².